The number of hydrazone groups is 1. The molecule has 1 aliphatic heterocycles. The van der Waals surface area contributed by atoms with Crippen molar-refractivity contribution in [1.82, 2.24) is 0 Å². The third kappa shape index (κ3) is 5.87. The van der Waals surface area contributed by atoms with E-state index in [1.807, 2.05) is 73.7 Å². The Balaban J connectivity index is 1.47. The molecule has 1 aliphatic rings. The average Bonchev–Trinajstić information content (AvgIpc) is 3.29. The van der Waals surface area contributed by atoms with Gasteiger partial charge in [-0.05, 0) is 60.5 Å². The number of nitro groups is 1. The molecule has 1 heterocycles. The summed E-state index contributed by atoms with van der Waals surface area (Å²) in [6.45, 7) is 2.66. The zero-order chi connectivity index (χ0) is 28.1. The first-order valence-electron chi connectivity index (χ1n) is 12.5. The Kier molecular flexibility index (Phi) is 7.89. The van der Waals surface area contributed by atoms with Crippen LogP contribution in [0.4, 0.5) is 11.4 Å². The lowest BCUT2D eigenvalue weighted by molar-refractivity contribution is -0.384. The van der Waals surface area contributed by atoms with Gasteiger partial charge in [0, 0.05) is 22.7 Å². The number of halogens is 1. The second-order valence-corrected chi connectivity index (χ2v) is 9.25. The van der Waals surface area contributed by atoms with Crippen LogP contribution in [0.1, 0.15) is 23.6 Å². The van der Waals surface area contributed by atoms with Gasteiger partial charge < -0.3 is 9.47 Å². The van der Waals surface area contributed by atoms with Gasteiger partial charge in [0.1, 0.15) is 12.3 Å². The van der Waals surface area contributed by atoms with Crippen molar-refractivity contribution in [2.24, 2.45) is 5.10 Å². The Morgan fingerprint density at radius 1 is 0.925 bits per heavy atom. The molecule has 0 saturated heterocycles. The molecule has 0 saturated carbocycles. The number of anilines is 1. The number of ether oxygens (including phenoxy) is 2. The van der Waals surface area contributed by atoms with E-state index in [0.29, 0.717) is 46.7 Å². The fourth-order valence-corrected chi connectivity index (χ4v) is 4.28. The minimum atomic E-state index is -0.488. The van der Waals surface area contributed by atoms with Crippen molar-refractivity contribution in [1.29, 1.82) is 0 Å². The lowest BCUT2D eigenvalue weighted by Gasteiger charge is -2.13. The summed E-state index contributed by atoms with van der Waals surface area (Å²) in [6, 6.07) is 28.0. The molecule has 0 N–H and O–H groups in total. The molecule has 0 aromatic heterocycles. The summed E-state index contributed by atoms with van der Waals surface area (Å²) in [6.07, 6.45) is 1.76. The van der Waals surface area contributed by atoms with Crippen molar-refractivity contribution >= 4 is 40.7 Å². The average molecular weight is 554 g/mol. The van der Waals surface area contributed by atoms with Crippen molar-refractivity contribution in [2.75, 3.05) is 11.6 Å². The minimum Gasteiger partial charge on any atom is -0.490 e. The Labute approximate surface area is 235 Å². The highest BCUT2D eigenvalue weighted by atomic mass is 35.5. The van der Waals surface area contributed by atoms with Gasteiger partial charge in [-0.2, -0.15) is 10.1 Å². The Morgan fingerprint density at radius 3 is 2.33 bits per heavy atom. The molecule has 0 radical (unpaired) electrons. The number of hydrogen-bond acceptors (Lipinski definition) is 6. The van der Waals surface area contributed by atoms with Gasteiger partial charge in [-0.1, -0.05) is 60.1 Å². The molecule has 1 amide bonds. The monoisotopic (exact) mass is 553 g/mol. The first kappa shape index (κ1) is 26.6. The molecule has 200 valence electrons. The number of hydrogen-bond donors (Lipinski definition) is 0. The molecule has 0 unspecified atom stereocenters. The van der Waals surface area contributed by atoms with Gasteiger partial charge in [-0.3, -0.25) is 14.9 Å². The van der Waals surface area contributed by atoms with E-state index in [-0.39, 0.29) is 11.6 Å². The fraction of sp³-hybridized carbons (Fsp3) is 0.0968. The molecule has 8 nitrogen and oxygen atoms in total. The third-order valence-corrected chi connectivity index (χ3v) is 6.37. The van der Waals surface area contributed by atoms with Crippen molar-refractivity contribution in [3.05, 3.63) is 134 Å². The van der Waals surface area contributed by atoms with E-state index in [4.69, 9.17) is 21.1 Å². The van der Waals surface area contributed by atoms with Gasteiger partial charge in [-0.25, -0.2) is 0 Å². The summed E-state index contributed by atoms with van der Waals surface area (Å²) in [4.78, 5) is 24.2. The zero-order valence-corrected chi connectivity index (χ0v) is 22.2. The Hall–Kier alpha value is -4.95. The fourth-order valence-electron chi connectivity index (χ4n) is 4.15. The summed E-state index contributed by atoms with van der Waals surface area (Å²) in [7, 11) is 0. The Morgan fingerprint density at radius 2 is 1.65 bits per heavy atom. The van der Waals surface area contributed by atoms with Crippen molar-refractivity contribution < 1.29 is 19.2 Å². The number of benzene rings is 4. The molecule has 4 aromatic carbocycles. The predicted molar refractivity (Wildman–Crippen MR) is 155 cm³/mol. The van der Waals surface area contributed by atoms with Crippen molar-refractivity contribution in [3.8, 4) is 11.5 Å². The number of rotatable bonds is 9. The molecule has 0 aliphatic carbocycles. The van der Waals surface area contributed by atoms with Gasteiger partial charge in [0.25, 0.3) is 11.6 Å². The highest BCUT2D eigenvalue weighted by Gasteiger charge is 2.32. The van der Waals surface area contributed by atoms with Gasteiger partial charge in [0.2, 0.25) is 0 Å². The smallest absolute Gasteiger partial charge is 0.281 e. The maximum absolute atomic E-state index is 13.6. The van der Waals surface area contributed by atoms with E-state index in [2.05, 4.69) is 5.10 Å². The standard InChI is InChI=1S/C31H24ClN3O5/c1-2-39-29-19-22(10-17-28(29)40-20-21-8-11-24(32)12-9-21)18-27-30(23-6-4-3-5-7-23)33-34(31(27)36)25-13-15-26(16-14-25)35(37)38/h3-19H,2,20H2,1H3/b27-18-. The van der Waals surface area contributed by atoms with Crippen LogP contribution in [0.25, 0.3) is 6.08 Å². The molecule has 0 bridgehead atoms. The van der Waals surface area contributed by atoms with E-state index in [1.165, 1.54) is 29.3 Å². The van der Waals surface area contributed by atoms with E-state index in [9.17, 15) is 14.9 Å². The summed E-state index contributed by atoms with van der Waals surface area (Å²) in [5.41, 5.74) is 3.67. The van der Waals surface area contributed by atoms with Gasteiger partial charge in [0.05, 0.1) is 22.8 Å². The normalized spacial score (nSPS) is 13.8. The number of carbonyl (C=O) groups is 1. The second kappa shape index (κ2) is 11.8. The first-order valence-corrected chi connectivity index (χ1v) is 12.9. The topological polar surface area (TPSA) is 94.3 Å². The van der Waals surface area contributed by atoms with Crippen LogP contribution in [0.2, 0.25) is 5.02 Å². The van der Waals surface area contributed by atoms with Crippen LogP contribution in [0.3, 0.4) is 0 Å². The summed E-state index contributed by atoms with van der Waals surface area (Å²) < 4.78 is 11.9. The number of carbonyl (C=O) groups excluding carboxylic acids is 1. The number of non-ortho nitro benzene ring substituents is 1. The van der Waals surface area contributed by atoms with Crippen molar-refractivity contribution in [3.63, 3.8) is 0 Å². The Bertz CT molecular complexity index is 1600. The largest absolute Gasteiger partial charge is 0.490 e. The molecule has 5 rings (SSSR count). The molecule has 4 aromatic rings. The molecular formula is C31H24ClN3O5. The van der Waals surface area contributed by atoms with Crippen LogP contribution in [0.15, 0.2) is 108 Å². The quantitative estimate of drug-likeness (QED) is 0.126. The lowest BCUT2D eigenvalue weighted by atomic mass is 10.00. The molecule has 0 fully saturated rings. The van der Waals surface area contributed by atoms with E-state index in [1.54, 1.807) is 12.1 Å². The summed E-state index contributed by atoms with van der Waals surface area (Å²) in [5, 5.41) is 17.6. The van der Waals surface area contributed by atoms with E-state index in [0.717, 1.165) is 16.7 Å². The second-order valence-electron chi connectivity index (χ2n) is 8.82. The van der Waals surface area contributed by atoms with Crippen LogP contribution in [-0.2, 0) is 11.4 Å². The van der Waals surface area contributed by atoms with Crippen LogP contribution in [0.5, 0.6) is 11.5 Å². The molecule has 0 atom stereocenters. The number of nitro benzene ring substituents is 1. The van der Waals surface area contributed by atoms with Gasteiger partial charge >= 0.3 is 0 Å². The number of nitrogens with zero attached hydrogens (tertiary/aromatic N) is 3. The highest BCUT2D eigenvalue weighted by Crippen LogP contribution is 2.33. The first-order chi connectivity index (χ1) is 19.4. The van der Waals surface area contributed by atoms with Crippen LogP contribution < -0.4 is 14.5 Å². The molecule has 0 spiro atoms. The third-order valence-electron chi connectivity index (χ3n) is 6.12. The molecular weight excluding hydrogens is 530 g/mol. The van der Waals surface area contributed by atoms with Crippen LogP contribution in [-0.4, -0.2) is 23.1 Å². The molecule has 9 heteroatoms. The van der Waals surface area contributed by atoms with Crippen LogP contribution in [0, 0.1) is 10.1 Å². The highest BCUT2D eigenvalue weighted by molar-refractivity contribution is 6.37. The van der Waals surface area contributed by atoms with Crippen molar-refractivity contribution in [2.45, 2.75) is 13.5 Å². The number of amides is 1. The van der Waals surface area contributed by atoms with Gasteiger partial charge in [-0.15, -0.1) is 0 Å². The predicted octanol–water partition coefficient (Wildman–Crippen LogP) is 7.06. The van der Waals surface area contributed by atoms with E-state index < -0.39 is 4.92 Å². The zero-order valence-electron chi connectivity index (χ0n) is 21.5. The maximum Gasteiger partial charge on any atom is 0.281 e. The summed E-state index contributed by atoms with van der Waals surface area (Å²) in [5.74, 6) is 0.761. The molecule has 40 heavy (non-hydrogen) atoms. The minimum absolute atomic E-state index is 0.0692. The lowest BCUT2D eigenvalue weighted by Crippen LogP contribution is -2.21. The summed E-state index contributed by atoms with van der Waals surface area (Å²) >= 11 is 5.98. The SMILES string of the molecule is CCOc1cc(/C=C2\C(=O)N(c3ccc([N+](=O)[O-])cc3)N=C2c2ccccc2)ccc1OCc1ccc(Cl)cc1. The van der Waals surface area contributed by atoms with Crippen LogP contribution >= 0.6 is 11.6 Å². The van der Waals surface area contributed by atoms with Gasteiger partial charge in [0.15, 0.2) is 11.5 Å². The van der Waals surface area contributed by atoms with E-state index >= 15 is 0 Å². The maximum atomic E-state index is 13.6.